The molecule has 0 N–H and O–H groups in total. The molecule has 0 aliphatic carbocycles. The first-order valence-corrected chi connectivity index (χ1v) is 12.3. The molecule has 0 aromatic heterocycles. The lowest BCUT2D eigenvalue weighted by molar-refractivity contribution is 0.363. The molecule has 4 rings (SSSR count). The third-order valence-electron chi connectivity index (χ3n) is 5.29. The third-order valence-corrected chi connectivity index (χ3v) is 6.82. The largest absolute Gasteiger partial charge is 0.297 e. The molecule has 0 atom stereocenters. The van der Waals surface area contributed by atoms with Crippen LogP contribution in [0, 0.1) is 6.92 Å². The smallest absolute Gasteiger partial charge is 0.262 e. The predicted octanol–water partition coefficient (Wildman–Crippen LogP) is 7.01. The van der Waals surface area contributed by atoms with Gasteiger partial charge in [0, 0.05) is 5.02 Å². The molecular formula is C28H23ClO3S. The van der Waals surface area contributed by atoms with Crippen LogP contribution in [0.15, 0.2) is 114 Å². The molecule has 4 aromatic carbocycles. The predicted molar refractivity (Wildman–Crippen MR) is 135 cm³/mol. The fourth-order valence-electron chi connectivity index (χ4n) is 3.59. The average molecular weight is 475 g/mol. The van der Waals surface area contributed by atoms with E-state index in [1.807, 2.05) is 91.9 Å². The van der Waals surface area contributed by atoms with Crippen LogP contribution in [0.1, 0.15) is 22.3 Å². The van der Waals surface area contributed by atoms with Gasteiger partial charge < -0.3 is 0 Å². The molecule has 166 valence electrons. The maximum Gasteiger partial charge on any atom is 0.297 e. The van der Waals surface area contributed by atoms with Crippen molar-refractivity contribution in [3.8, 4) is 0 Å². The van der Waals surface area contributed by atoms with Crippen molar-refractivity contribution in [1.29, 1.82) is 0 Å². The third kappa shape index (κ3) is 5.60. The van der Waals surface area contributed by atoms with Crippen molar-refractivity contribution in [2.24, 2.45) is 0 Å². The van der Waals surface area contributed by atoms with Crippen LogP contribution in [0.2, 0.25) is 5.02 Å². The van der Waals surface area contributed by atoms with E-state index in [1.54, 1.807) is 24.3 Å². The fourth-order valence-corrected chi connectivity index (χ4v) is 4.59. The van der Waals surface area contributed by atoms with Crippen molar-refractivity contribution in [2.45, 2.75) is 11.8 Å². The highest BCUT2D eigenvalue weighted by molar-refractivity contribution is 7.86. The van der Waals surface area contributed by atoms with Crippen molar-refractivity contribution in [2.75, 3.05) is 6.61 Å². The minimum absolute atomic E-state index is 0.118. The van der Waals surface area contributed by atoms with Crippen LogP contribution in [-0.2, 0) is 14.3 Å². The molecule has 0 amide bonds. The molecular weight excluding hydrogens is 452 g/mol. The fraction of sp³-hybridized carbons (Fsp3) is 0.0714. The zero-order valence-corrected chi connectivity index (χ0v) is 19.7. The number of rotatable bonds is 7. The maximum atomic E-state index is 13.0. The minimum atomic E-state index is -3.94. The van der Waals surface area contributed by atoms with E-state index in [0.29, 0.717) is 5.02 Å². The second-order valence-corrected chi connectivity index (χ2v) is 9.67. The first-order chi connectivity index (χ1) is 15.9. The van der Waals surface area contributed by atoms with Gasteiger partial charge in [0.15, 0.2) is 0 Å². The molecule has 0 unspecified atom stereocenters. The van der Waals surface area contributed by atoms with E-state index in [0.717, 1.165) is 33.4 Å². The summed E-state index contributed by atoms with van der Waals surface area (Å²) in [4.78, 5) is 0.133. The van der Waals surface area contributed by atoms with Crippen LogP contribution in [0.5, 0.6) is 0 Å². The Hall–Kier alpha value is -3.18. The first-order valence-electron chi connectivity index (χ1n) is 10.5. The Morgan fingerprint density at radius 3 is 1.79 bits per heavy atom. The van der Waals surface area contributed by atoms with Gasteiger partial charge in [-0.05, 0) is 59.0 Å². The van der Waals surface area contributed by atoms with Gasteiger partial charge in [-0.25, -0.2) is 0 Å². The molecule has 0 spiro atoms. The molecule has 0 aliphatic rings. The highest BCUT2D eigenvalue weighted by Crippen LogP contribution is 2.34. The standard InChI is InChI=1S/C28H23ClO3S/c1-21-12-18-26(19-13-21)33(30,31)32-20-27(22-8-4-2-5-9-22)28(23-10-6-3-7-11-23)24-14-16-25(29)17-15-24/h2-19H,20H2,1H3. The molecule has 0 bridgehead atoms. The Balaban J connectivity index is 1.85. The highest BCUT2D eigenvalue weighted by atomic mass is 35.5. The molecule has 4 aromatic rings. The summed E-state index contributed by atoms with van der Waals surface area (Å²) in [6, 6.07) is 33.7. The SMILES string of the molecule is Cc1ccc(S(=O)(=O)OCC(=C(c2ccccc2)c2ccc(Cl)cc2)c2ccccc2)cc1. The van der Waals surface area contributed by atoms with E-state index >= 15 is 0 Å². The lowest BCUT2D eigenvalue weighted by Crippen LogP contribution is -2.10. The van der Waals surface area contributed by atoms with Crippen molar-refractivity contribution in [3.05, 3.63) is 136 Å². The second-order valence-electron chi connectivity index (χ2n) is 7.62. The Bertz CT molecular complexity index is 1340. The van der Waals surface area contributed by atoms with Crippen LogP contribution >= 0.6 is 11.6 Å². The summed E-state index contributed by atoms with van der Waals surface area (Å²) in [5.74, 6) is 0. The summed E-state index contributed by atoms with van der Waals surface area (Å²) >= 11 is 6.14. The van der Waals surface area contributed by atoms with E-state index in [9.17, 15) is 8.42 Å². The summed E-state index contributed by atoms with van der Waals surface area (Å²) in [6.45, 7) is 1.79. The Labute approximate surface area is 200 Å². The second kappa shape index (κ2) is 10.2. The van der Waals surface area contributed by atoms with E-state index in [4.69, 9.17) is 15.8 Å². The molecule has 0 radical (unpaired) electrons. The lowest BCUT2D eigenvalue weighted by Gasteiger charge is -2.18. The summed E-state index contributed by atoms with van der Waals surface area (Å²) in [5, 5.41) is 0.630. The number of benzene rings is 4. The molecule has 0 aliphatic heterocycles. The first kappa shape index (κ1) is 23.0. The molecule has 0 fully saturated rings. The summed E-state index contributed by atoms with van der Waals surface area (Å²) < 4.78 is 31.5. The van der Waals surface area contributed by atoms with Crippen molar-refractivity contribution in [1.82, 2.24) is 0 Å². The Morgan fingerprint density at radius 2 is 1.21 bits per heavy atom. The van der Waals surface area contributed by atoms with Gasteiger partial charge >= 0.3 is 0 Å². The molecule has 0 saturated carbocycles. The number of hydrogen-bond acceptors (Lipinski definition) is 3. The number of aryl methyl sites for hydroxylation is 1. The van der Waals surface area contributed by atoms with Crippen LogP contribution in [0.3, 0.4) is 0 Å². The van der Waals surface area contributed by atoms with Gasteiger partial charge in [-0.1, -0.05) is 102 Å². The normalized spacial score (nSPS) is 12.3. The monoisotopic (exact) mass is 474 g/mol. The number of halogens is 1. The van der Waals surface area contributed by atoms with Crippen molar-refractivity contribution < 1.29 is 12.6 Å². The summed E-state index contributed by atoms with van der Waals surface area (Å²) in [5.41, 5.74) is 5.38. The van der Waals surface area contributed by atoms with E-state index in [-0.39, 0.29) is 11.5 Å². The topological polar surface area (TPSA) is 43.4 Å². The van der Waals surface area contributed by atoms with E-state index < -0.39 is 10.1 Å². The highest BCUT2D eigenvalue weighted by Gasteiger charge is 2.20. The molecule has 5 heteroatoms. The Morgan fingerprint density at radius 1 is 0.697 bits per heavy atom. The summed E-state index contributed by atoms with van der Waals surface area (Å²) in [6.07, 6.45) is 0. The van der Waals surface area contributed by atoms with Crippen LogP contribution in [0.25, 0.3) is 11.1 Å². The minimum Gasteiger partial charge on any atom is -0.262 e. The van der Waals surface area contributed by atoms with Crippen LogP contribution in [0.4, 0.5) is 0 Å². The molecule has 3 nitrogen and oxygen atoms in total. The number of hydrogen-bond donors (Lipinski definition) is 0. The van der Waals surface area contributed by atoms with E-state index in [2.05, 4.69) is 0 Å². The van der Waals surface area contributed by atoms with Crippen LogP contribution in [-0.4, -0.2) is 15.0 Å². The average Bonchev–Trinajstić information content (AvgIpc) is 2.84. The van der Waals surface area contributed by atoms with Gasteiger partial charge in [-0.15, -0.1) is 0 Å². The maximum absolute atomic E-state index is 13.0. The molecule has 0 heterocycles. The zero-order valence-electron chi connectivity index (χ0n) is 18.1. The van der Waals surface area contributed by atoms with Gasteiger partial charge in [0.2, 0.25) is 0 Å². The quantitative estimate of drug-likeness (QED) is 0.213. The van der Waals surface area contributed by atoms with Gasteiger partial charge in [0.05, 0.1) is 11.5 Å². The summed E-state index contributed by atoms with van der Waals surface area (Å²) in [7, 11) is -3.94. The lowest BCUT2D eigenvalue weighted by atomic mass is 9.90. The Kier molecular flexibility index (Phi) is 7.09. The van der Waals surface area contributed by atoms with Gasteiger partial charge in [-0.3, -0.25) is 4.18 Å². The van der Waals surface area contributed by atoms with Crippen LogP contribution < -0.4 is 0 Å². The van der Waals surface area contributed by atoms with Gasteiger partial charge in [-0.2, -0.15) is 8.42 Å². The zero-order chi connectivity index (χ0) is 23.3. The van der Waals surface area contributed by atoms with Crippen molar-refractivity contribution in [3.63, 3.8) is 0 Å². The van der Waals surface area contributed by atoms with Crippen molar-refractivity contribution >= 4 is 32.9 Å². The van der Waals surface area contributed by atoms with Gasteiger partial charge in [0.25, 0.3) is 10.1 Å². The van der Waals surface area contributed by atoms with Gasteiger partial charge in [0.1, 0.15) is 0 Å². The molecule has 33 heavy (non-hydrogen) atoms. The molecule has 0 saturated heterocycles. The van der Waals surface area contributed by atoms with E-state index in [1.165, 1.54) is 0 Å².